The van der Waals surface area contributed by atoms with Gasteiger partial charge in [-0.1, -0.05) is 18.0 Å². The fraction of sp³-hybridized carbons (Fsp3) is 0.318. The van der Waals surface area contributed by atoms with Crippen molar-refractivity contribution in [1.29, 1.82) is 0 Å². The molecular formula is C22H23N5O. The van der Waals surface area contributed by atoms with Crippen molar-refractivity contribution in [3.63, 3.8) is 0 Å². The van der Waals surface area contributed by atoms with Crippen LogP contribution >= 0.6 is 0 Å². The van der Waals surface area contributed by atoms with Crippen LogP contribution in [0.3, 0.4) is 0 Å². The van der Waals surface area contributed by atoms with Crippen molar-refractivity contribution >= 4 is 16.7 Å². The van der Waals surface area contributed by atoms with Crippen LogP contribution in [0.25, 0.3) is 33.9 Å². The van der Waals surface area contributed by atoms with Gasteiger partial charge in [-0.3, -0.25) is 0 Å². The monoisotopic (exact) mass is 373 g/mol. The van der Waals surface area contributed by atoms with Gasteiger partial charge in [0.05, 0.1) is 17.4 Å². The minimum Gasteiger partial charge on any atom is -0.378 e. The summed E-state index contributed by atoms with van der Waals surface area (Å²) in [5.74, 6) is 1.11. The Morgan fingerprint density at radius 2 is 1.75 bits per heavy atom. The third-order valence-corrected chi connectivity index (χ3v) is 5.61. The van der Waals surface area contributed by atoms with E-state index >= 15 is 0 Å². The lowest BCUT2D eigenvalue weighted by Crippen LogP contribution is -2.07. The standard InChI is InChI=1S/C22H23N5O/c1-26(2)17-10-7-15(8-11-17)22-24-21(25-28-22)16-9-12-20-19(13-16)23-14-27(20)18-5-3-4-6-18/h7-14,18H,3-6H2,1-2H3. The van der Waals surface area contributed by atoms with Gasteiger partial charge in [-0.05, 0) is 55.3 Å². The molecule has 4 aromatic rings. The third-order valence-electron chi connectivity index (χ3n) is 5.61. The van der Waals surface area contributed by atoms with Gasteiger partial charge >= 0.3 is 0 Å². The molecule has 1 aliphatic rings. The molecule has 0 N–H and O–H groups in total. The molecule has 0 unspecified atom stereocenters. The van der Waals surface area contributed by atoms with Gasteiger partial charge in [-0.25, -0.2) is 4.98 Å². The van der Waals surface area contributed by atoms with E-state index in [0.717, 1.165) is 22.3 Å². The number of fused-ring (bicyclic) bond motifs is 1. The quantitative estimate of drug-likeness (QED) is 0.507. The van der Waals surface area contributed by atoms with Crippen molar-refractivity contribution in [2.75, 3.05) is 19.0 Å². The van der Waals surface area contributed by atoms with Crippen LogP contribution in [0, 0.1) is 0 Å². The van der Waals surface area contributed by atoms with E-state index in [1.54, 1.807) is 0 Å². The Bertz CT molecular complexity index is 1100. The van der Waals surface area contributed by atoms with Crippen LogP contribution in [-0.4, -0.2) is 33.8 Å². The maximum atomic E-state index is 5.50. The zero-order chi connectivity index (χ0) is 19.1. The Morgan fingerprint density at radius 1 is 1.00 bits per heavy atom. The molecule has 0 bridgehead atoms. The van der Waals surface area contributed by atoms with Crippen LogP contribution in [-0.2, 0) is 0 Å². The second-order valence-corrected chi connectivity index (χ2v) is 7.66. The topological polar surface area (TPSA) is 60.0 Å². The summed E-state index contributed by atoms with van der Waals surface area (Å²) >= 11 is 0. The Hall–Kier alpha value is -3.15. The van der Waals surface area contributed by atoms with Crippen LogP contribution in [0.2, 0.25) is 0 Å². The van der Waals surface area contributed by atoms with Gasteiger partial charge in [0.15, 0.2) is 0 Å². The van der Waals surface area contributed by atoms with Crippen LogP contribution in [0.4, 0.5) is 5.69 Å². The van der Waals surface area contributed by atoms with Crippen molar-refractivity contribution in [3.05, 3.63) is 48.8 Å². The largest absolute Gasteiger partial charge is 0.378 e. The van der Waals surface area contributed by atoms with Gasteiger partial charge in [-0.2, -0.15) is 4.98 Å². The minimum atomic E-state index is 0.525. The van der Waals surface area contributed by atoms with Gasteiger partial charge < -0.3 is 14.0 Å². The van der Waals surface area contributed by atoms with Gasteiger partial charge in [0.25, 0.3) is 5.89 Å². The summed E-state index contributed by atoms with van der Waals surface area (Å²) in [5, 5.41) is 4.18. The SMILES string of the molecule is CN(C)c1ccc(-c2nc(-c3ccc4c(c3)ncn4C3CCCC3)no2)cc1. The van der Waals surface area contributed by atoms with E-state index in [4.69, 9.17) is 4.52 Å². The molecule has 6 heteroatoms. The lowest BCUT2D eigenvalue weighted by atomic mass is 10.1. The second kappa shape index (κ2) is 6.78. The van der Waals surface area contributed by atoms with Gasteiger partial charge in [0, 0.05) is 37.0 Å². The predicted octanol–water partition coefficient (Wildman–Crippen LogP) is 4.93. The number of hydrogen-bond acceptors (Lipinski definition) is 5. The van der Waals surface area contributed by atoms with E-state index in [1.807, 2.05) is 50.8 Å². The highest BCUT2D eigenvalue weighted by Crippen LogP contribution is 2.33. The van der Waals surface area contributed by atoms with Gasteiger partial charge in [0.2, 0.25) is 5.82 Å². The fourth-order valence-electron chi connectivity index (χ4n) is 4.00. The maximum Gasteiger partial charge on any atom is 0.258 e. The van der Waals surface area contributed by atoms with Gasteiger partial charge in [-0.15, -0.1) is 0 Å². The number of benzene rings is 2. The first-order valence-corrected chi connectivity index (χ1v) is 9.77. The van der Waals surface area contributed by atoms with E-state index in [9.17, 15) is 0 Å². The summed E-state index contributed by atoms with van der Waals surface area (Å²) in [6, 6.07) is 14.9. The van der Waals surface area contributed by atoms with E-state index in [2.05, 4.69) is 36.7 Å². The average Bonchev–Trinajstić information content (AvgIpc) is 3.47. The Morgan fingerprint density at radius 3 is 2.50 bits per heavy atom. The Kier molecular flexibility index (Phi) is 4.11. The predicted molar refractivity (Wildman–Crippen MR) is 110 cm³/mol. The molecule has 142 valence electrons. The highest BCUT2D eigenvalue weighted by molar-refractivity contribution is 5.81. The second-order valence-electron chi connectivity index (χ2n) is 7.66. The van der Waals surface area contributed by atoms with E-state index < -0.39 is 0 Å². The molecule has 1 aliphatic carbocycles. The Balaban J connectivity index is 1.44. The van der Waals surface area contributed by atoms with E-state index in [0.29, 0.717) is 17.8 Å². The first-order valence-electron chi connectivity index (χ1n) is 9.77. The summed E-state index contributed by atoms with van der Waals surface area (Å²) in [6.07, 6.45) is 7.08. The first-order chi connectivity index (χ1) is 13.7. The van der Waals surface area contributed by atoms with Crippen LogP contribution < -0.4 is 4.90 Å². The molecule has 2 aromatic carbocycles. The van der Waals surface area contributed by atoms with Crippen LogP contribution in [0.1, 0.15) is 31.7 Å². The number of hydrogen-bond donors (Lipinski definition) is 0. The smallest absolute Gasteiger partial charge is 0.258 e. The minimum absolute atomic E-state index is 0.525. The summed E-state index contributed by atoms with van der Waals surface area (Å²) in [6.45, 7) is 0. The normalized spacial score (nSPS) is 14.8. The molecular weight excluding hydrogens is 350 g/mol. The summed E-state index contributed by atoms with van der Waals surface area (Å²) in [7, 11) is 4.04. The number of aromatic nitrogens is 4. The lowest BCUT2D eigenvalue weighted by molar-refractivity contribution is 0.432. The third kappa shape index (κ3) is 2.95. The molecule has 2 aromatic heterocycles. The number of imidazole rings is 1. The number of anilines is 1. The highest BCUT2D eigenvalue weighted by atomic mass is 16.5. The molecule has 0 saturated heterocycles. The molecule has 5 rings (SSSR count). The zero-order valence-electron chi connectivity index (χ0n) is 16.2. The molecule has 0 amide bonds. The van der Waals surface area contributed by atoms with E-state index in [1.165, 1.54) is 31.2 Å². The molecule has 0 aliphatic heterocycles. The van der Waals surface area contributed by atoms with Crippen molar-refractivity contribution in [2.24, 2.45) is 0 Å². The molecule has 0 atom stereocenters. The van der Waals surface area contributed by atoms with Crippen molar-refractivity contribution in [2.45, 2.75) is 31.7 Å². The van der Waals surface area contributed by atoms with E-state index in [-0.39, 0.29) is 0 Å². The average molecular weight is 373 g/mol. The number of rotatable bonds is 4. The Labute approximate surface area is 163 Å². The summed E-state index contributed by atoms with van der Waals surface area (Å²) in [4.78, 5) is 11.3. The first kappa shape index (κ1) is 17.0. The summed E-state index contributed by atoms with van der Waals surface area (Å²) in [5.41, 5.74) is 5.12. The van der Waals surface area contributed by atoms with Crippen LogP contribution in [0.5, 0.6) is 0 Å². The molecule has 28 heavy (non-hydrogen) atoms. The lowest BCUT2D eigenvalue weighted by Gasteiger charge is -2.12. The molecule has 2 heterocycles. The highest BCUT2D eigenvalue weighted by Gasteiger charge is 2.19. The van der Waals surface area contributed by atoms with Crippen LogP contribution in [0.15, 0.2) is 53.3 Å². The fourth-order valence-corrected chi connectivity index (χ4v) is 4.00. The molecule has 6 nitrogen and oxygen atoms in total. The van der Waals surface area contributed by atoms with Gasteiger partial charge in [0.1, 0.15) is 0 Å². The van der Waals surface area contributed by atoms with Crippen molar-refractivity contribution in [3.8, 4) is 22.8 Å². The zero-order valence-corrected chi connectivity index (χ0v) is 16.2. The van der Waals surface area contributed by atoms with Crippen molar-refractivity contribution in [1.82, 2.24) is 19.7 Å². The molecule has 1 fully saturated rings. The summed E-state index contributed by atoms with van der Waals surface area (Å²) < 4.78 is 7.82. The number of nitrogens with zero attached hydrogens (tertiary/aromatic N) is 5. The molecule has 1 saturated carbocycles. The molecule has 0 radical (unpaired) electrons. The molecule has 0 spiro atoms. The van der Waals surface area contributed by atoms with Crippen molar-refractivity contribution < 1.29 is 4.52 Å². The maximum absolute atomic E-state index is 5.50.